The van der Waals surface area contributed by atoms with E-state index in [1.807, 2.05) is 0 Å². The normalized spacial score (nSPS) is 27.0. The molecule has 0 aromatic heterocycles. The molecule has 0 amide bonds. The molecule has 53 heavy (non-hydrogen) atoms. The van der Waals surface area contributed by atoms with Crippen LogP contribution in [0.3, 0.4) is 0 Å². The van der Waals surface area contributed by atoms with Crippen LogP contribution < -0.4 is 0 Å². The summed E-state index contributed by atoms with van der Waals surface area (Å²) in [6.45, 7) is 10.2. The third kappa shape index (κ3) is 13.5. The zero-order chi connectivity index (χ0) is 37.3. The number of unbranched alkanes of at least 4 members (excludes halogenated alkanes) is 9. The number of esters is 3. The van der Waals surface area contributed by atoms with Gasteiger partial charge >= 0.3 is 17.9 Å². The molecule has 0 radical (unpaired) electrons. The maximum Gasteiger partial charge on any atom is 0.309 e. The number of fused-ring (bicyclic) bond motifs is 5. The van der Waals surface area contributed by atoms with Gasteiger partial charge in [-0.2, -0.15) is 0 Å². The molecular formula is C45H74N2O6. The van der Waals surface area contributed by atoms with E-state index >= 15 is 0 Å². The van der Waals surface area contributed by atoms with Crippen molar-refractivity contribution in [3.05, 3.63) is 24.3 Å². The molecule has 8 heteroatoms. The van der Waals surface area contributed by atoms with Crippen molar-refractivity contribution in [3.63, 3.8) is 0 Å². The van der Waals surface area contributed by atoms with E-state index in [-0.39, 0.29) is 55.5 Å². The van der Waals surface area contributed by atoms with E-state index in [0.717, 1.165) is 64.6 Å². The maximum atomic E-state index is 13.2. The zero-order valence-corrected chi connectivity index (χ0v) is 33.6. The van der Waals surface area contributed by atoms with E-state index in [1.165, 1.54) is 90.1 Å². The van der Waals surface area contributed by atoms with Crippen LogP contribution in [-0.4, -0.2) is 86.3 Å². The summed E-state index contributed by atoms with van der Waals surface area (Å²) < 4.78 is 17.4. The predicted molar refractivity (Wildman–Crippen MR) is 211 cm³/mol. The fraction of sp³-hybridized carbons (Fsp3) is 0.844. The quantitative estimate of drug-likeness (QED) is 0.0398. The minimum Gasteiger partial charge on any atom is -0.465 e. The summed E-state index contributed by atoms with van der Waals surface area (Å²) in [6.07, 6.45) is 31.4. The molecule has 300 valence electrons. The average Bonchev–Trinajstić information content (AvgIpc) is 3.62. The minimum absolute atomic E-state index is 0.0511. The van der Waals surface area contributed by atoms with Crippen molar-refractivity contribution in [2.24, 2.45) is 41.4 Å². The number of carbonyl (C=O) groups excluding carboxylic acids is 3. The van der Waals surface area contributed by atoms with Crippen molar-refractivity contribution < 1.29 is 28.6 Å². The first kappa shape index (κ1) is 42.0. The zero-order valence-electron chi connectivity index (χ0n) is 33.6. The van der Waals surface area contributed by atoms with Crippen molar-refractivity contribution in [1.29, 1.82) is 0 Å². The first-order valence-corrected chi connectivity index (χ1v) is 22.2. The van der Waals surface area contributed by atoms with E-state index in [0.29, 0.717) is 36.1 Å². The highest BCUT2D eigenvalue weighted by atomic mass is 16.6. The van der Waals surface area contributed by atoms with Crippen LogP contribution in [0, 0.1) is 41.4 Å². The molecule has 2 aliphatic heterocycles. The largest absolute Gasteiger partial charge is 0.465 e. The second-order valence-electron chi connectivity index (χ2n) is 17.1. The molecule has 3 aliphatic carbocycles. The summed E-state index contributed by atoms with van der Waals surface area (Å²) in [5.74, 6) is 1.58. The summed E-state index contributed by atoms with van der Waals surface area (Å²) in [4.78, 5) is 44.1. The fourth-order valence-electron chi connectivity index (χ4n) is 10.0. The number of piperidine rings is 2. The lowest BCUT2D eigenvalue weighted by atomic mass is 9.93. The standard InChI is InChI=1S/C45H74N2O6/c1-3-5-6-7-8-9-10-11-12-13-14-15-16-17-18-19-20-40(48)51-32-35(34-53-45(50)43-41-37-21-22-38(31-37)42(41)43)33-52-44(49)36-23-29-47(30-24-36)39-25-27-46(4-2)28-26-39/h8-9,11-12,35-39,41-43H,3-7,10,13-34H2,1-2H3/b9-8-,12-11-/t35?,37-,38+,41+,42-,43?. The second kappa shape index (κ2) is 23.0. The lowest BCUT2D eigenvalue weighted by molar-refractivity contribution is -0.157. The molecule has 0 aromatic rings. The van der Waals surface area contributed by atoms with E-state index < -0.39 is 0 Å². The van der Waals surface area contributed by atoms with Gasteiger partial charge in [-0.25, -0.2) is 0 Å². The highest BCUT2D eigenvalue weighted by Crippen LogP contribution is 2.69. The highest BCUT2D eigenvalue weighted by molar-refractivity contribution is 5.77. The summed E-state index contributed by atoms with van der Waals surface area (Å²) in [5.41, 5.74) is 0. The molecule has 5 aliphatic rings. The van der Waals surface area contributed by atoms with Crippen LogP contribution in [0.1, 0.15) is 142 Å². The molecule has 0 N–H and O–H groups in total. The molecule has 6 atom stereocenters. The number of nitrogens with zero attached hydrogens (tertiary/aromatic N) is 2. The molecule has 8 nitrogen and oxygen atoms in total. The molecule has 2 bridgehead atoms. The van der Waals surface area contributed by atoms with Gasteiger partial charge in [0, 0.05) is 12.5 Å². The maximum absolute atomic E-state index is 13.2. The predicted octanol–water partition coefficient (Wildman–Crippen LogP) is 8.92. The first-order valence-electron chi connectivity index (χ1n) is 22.2. The number of rotatable bonds is 25. The molecule has 2 saturated heterocycles. The summed E-state index contributed by atoms with van der Waals surface area (Å²) in [6, 6.07) is 0.625. The Bertz CT molecular complexity index is 1140. The molecule has 5 rings (SSSR count). The third-order valence-electron chi connectivity index (χ3n) is 13.4. The number of ether oxygens (including phenoxy) is 3. The number of hydrogen-bond donors (Lipinski definition) is 0. The van der Waals surface area contributed by atoms with Crippen LogP contribution in [0.25, 0.3) is 0 Å². The summed E-state index contributed by atoms with van der Waals surface area (Å²) in [7, 11) is 0. The van der Waals surface area contributed by atoms with Gasteiger partial charge < -0.3 is 24.0 Å². The molecule has 0 aromatic carbocycles. The molecule has 0 spiro atoms. The van der Waals surface area contributed by atoms with E-state index in [4.69, 9.17) is 14.2 Å². The Kier molecular flexibility index (Phi) is 18.2. The van der Waals surface area contributed by atoms with Gasteiger partial charge in [-0.1, -0.05) is 76.7 Å². The Balaban J connectivity index is 0.945. The summed E-state index contributed by atoms with van der Waals surface area (Å²) in [5, 5.41) is 0. The van der Waals surface area contributed by atoms with Crippen molar-refractivity contribution in [1.82, 2.24) is 9.80 Å². The van der Waals surface area contributed by atoms with Crippen LogP contribution in [0.5, 0.6) is 0 Å². The van der Waals surface area contributed by atoms with Crippen molar-refractivity contribution >= 4 is 17.9 Å². The van der Waals surface area contributed by atoms with Crippen LogP contribution >= 0.6 is 0 Å². The Morgan fingerprint density at radius 3 is 1.87 bits per heavy atom. The van der Waals surface area contributed by atoms with Gasteiger partial charge in [0.1, 0.15) is 19.8 Å². The van der Waals surface area contributed by atoms with Crippen LogP contribution in [-0.2, 0) is 28.6 Å². The Morgan fingerprint density at radius 2 is 1.23 bits per heavy atom. The number of carbonyl (C=O) groups is 3. The van der Waals surface area contributed by atoms with Gasteiger partial charge in [-0.3, -0.25) is 14.4 Å². The van der Waals surface area contributed by atoms with Gasteiger partial charge in [0.2, 0.25) is 0 Å². The lowest BCUT2D eigenvalue weighted by Gasteiger charge is -2.41. The number of allylic oxidation sites excluding steroid dienone is 4. The average molecular weight is 739 g/mol. The monoisotopic (exact) mass is 739 g/mol. The topological polar surface area (TPSA) is 85.4 Å². The van der Waals surface area contributed by atoms with Gasteiger partial charge in [0.15, 0.2) is 0 Å². The van der Waals surface area contributed by atoms with Crippen LogP contribution in [0.15, 0.2) is 24.3 Å². The van der Waals surface area contributed by atoms with Crippen molar-refractivity contribution in [3.8, 4) is 0 Å². The molecule has 2 unspecified atom stereocenters. The van der Waals surface area contributed by atoms with Gasteiger partial charge in [-0.05, 0) is 140 Å². The third-order valence-corrected chi connectivity index (χ3v) is 13.4. The Morgan fingerprint density at radius 1 is 0.642 bits per heavy atom. The summed E-state index contributed by atoms with van der Waals surface area (Å²) >= 11 is 0. The van der Waals surface area contributed by atoms with E-state index in [9.17, 15) is 14.4 Å². The Labute approximate surface area is 322 Å². The van der Waals surface area contributed by atoms with Crippen molar-refractivity contribution in [2.45, 2.75) is 148 Å². The smallest absolute Gasteiger partial charge is 0.309 e. The molecule has 5 fully saturated rings. The number of likely N-dealkylation sites (tertiary alicyclic amines) is 2. The fourth-order valence-corrected chi connectivity index (χ4v) is 10.0. The minimum atomic E-state index is -0.345. The molecule has 2 heterocycles. The van der Waals surface area contributed by atoms with Gasteiger partial charge in [-0.15, -0.1) is 0 Å². The van der Waals surface area contributed by atoms with Gasteiger partial charge in [0.05, 0.1) is 17.8 Å². The van der Waals surface area contributed by atoms with E-state index in [1.54, 1.807) is 0 Å². The SMILES string of the molecule is CCCCC/C=C\C/C=C\CCCCCCCCC(=O)OCC(COC(=O)C1CCN(C2CCN(CC)CC2)CC1)COC(=O)C1[C@@H]2[C@H]3CC[C@H](C3)[C@H]12. The Hall–Kier alpha value is -2.19. The second-order valence-corrected chi connectivity index (χ2v) is 17.1. The lowest BCUT2D eigenvalue weighted by Crippen LogP contribution is -2.48. The molecule has 3 saturated carbocycles. The van der Waals surface area contributed by atoms with Crippen molar-refractivity contribution in [2.75, 3.05) is 52.5 Å². The van der Waals surface area contributed by atoms with E-state index in [2.05, 4.69) is 48.0 Å². The number of hydrogen-bond acceptors (Lipinski definition) is 8. The van der Waals surface area contributed by atoms with Crippen LogP contribution in [0.4, 0.5) is 0 Å². The van der Waals surface area contributed by atoms with Gasteiger partial charge in [0.25, 0.3) is 0 Å². The molecular weight excluding hydrogens is 665 g/mol. The van der Waals surface area contributed by atoms with Crippen LogP contribution in [0.2, 0.25) is 0 Å². The first-order chi connectivity index (χ1) is 26.0. The highest BCUT2D eigenvalue weighted by Gasteiger charge is 2.68.